The molecule has 0 saturated carbocycles. The Bertz CT molecular complexity index is 914. The number of carbonyl (C=O) groups is 4. The molecular formula is C23H24O7. The molecule has 0 saturated heterocycles. The van der Waals surface area contributed by atoms with Crippen LogP contribution in [-0.4, -0.2) is 42.0 Å². The fourth-order valence-electron chi connectivity index (χ4n) is 2.84. The number of hydrogen-bond donors (Lipinski definition) is 0. The third kappa shape index (κ3) is 6.27. The highest BCUT2D eigenvalue weighted by molar-refractivity contribution is 5.98. The second kappa shape index (κ2) is 9.82. The molecular weight excluding hydrogens is 388 g/mol. The lowest BCUT2D eigenvalue weighted by Gasteiger charge is -2.31. The quantitative estimate of drug-likeness (QED) is 0.373. The van der Waals surface area contributed by atoms with E-state index in [2.05, 4.69) is 0 Å². The van der Waals surface area contributed by atoms with Crippen molar-refractivity contribution in [2.45, 2.75) is 39.4 Å². The molecule has 7 nitrogen and oxygen atoms in total. The van der Waals surface area contributed by atoms with Crippen molar-refractivity contribution < 1.29 is 33.4 Å². The number of benzene rings is 2. The average molecular weight is 412 g/mol. The standard InChI is InChI=1S/C23H24O7/c1-15(24)29-21(23(3,4)30-16(2)25)22(27)28-14-20(26)19-12-10-18(11-13-19)17-8-6-5-7-9-17/h5-13,21H,14H2,1-4H3/t21-/m1/s1. The number of carbonyl (C=O) groups excluding carboxylic acids is 4. The van der Waals surface area contributed by atoms with E-state index in [-0.39, 0.29) is 0 Å². The normalized spacial score (nSPS) is 11.9. The Morgan fingerprint density at radius 3 is 1.93 bits per heavy atom. The molecule has 7 heteroatoms. The fraction of sp³-hybridized carbons (Fsp3) is 0.304. The van der Waals surface area contributed by atoms with Crippen molar-refractivity contribution in [1.82, 2.24) is 0 Å². The van der Waals surface area contributed by atoms with Gasteiger partial charge in [-0.25, -0.2) is 4.79 Å². The van der Waals surface area contributed by atoms with Crippen LogP contribution >= 0.6 is 0 Å². The molecule has 0 radical (unpaired) electrons. The van der Waals surface area contributed by atoms with Crippen molar-refractivity contribution in [2.24, 2.45) is 0 Å². The van der Waals surface area contributed by atoms with Crippen LogP contribution in [0.25, 0.3) is 11.1 Å². The van der Waals surface area contributed by atoms with Gasteiger partial charge < -0.3 is 14.2 Å². The molecule has 158 valence electrons. The van der Waals surface area contributed by atoms with Crippen molar-refractivity contribution in [3.05, 3.63) is 60.2 Å². The summed E-state index contributed by atoms with van der Waals surface area (Å²) in [5, 5.41) is 0. The second-order valence-corrected chi connectivity index (χ2v) is 7.16. The highest BCUT2D eigenvalue weighted by atomic mass is 16.6. The molecule has 2 rings (SSSR count). The number of ether oxygens (including phenoxy) is 3. The van der Waals surface area contributed by atoms with Gasteiger partial charge in [-0.2, -0.15) is 0 Å². The summed E-state index contributed by atoms with van der Waals surface area (Å²) >= 11 is 0. The summed E-state index contributed by atoms with van der Waals surface area (Å²) in [6.07, 6.45) is -1.51. The third-order valence-electron chi connectivity index (χ3n) is 4.20. The predicted molar refractivity (Wildman–Crippen MR) is 109 cm³/mol. The maximum Gasteiger partial charge on any atom is 0.352 e. The number of ketones is 1. The minimum Gasteiger partial charge on any atom is -0.455 e. The molecule has 1 atom stereocenters. The van der Waals surface area contributed by atoms with Crippen LogP contribution in [0, 0.1) is 0 Å². The molecule has 30 heavy (non-hydrogen) atoms. The van der Waals surface area contributed by atoms with E-state index >= 15 is 0 Å². The van der Waals surface area contributed by atoms with Crippen molar-refractivity contribution in [3.63, 3.8) is 0 Å². The monoisotopic (exact) mass is 412 g/mol. The summed E-state index contributed by atoms with van der Waals surface area (Å²) < 4.78 is 15.1. The topological polar surface area (TPSA) is 96.0 Å². The average Bonchev–Trinajstić information content (AvgIpc) is 2.69. The van der Waals surface area contributed by atoms with E-state index in [1.54, 1.807) is 24.3 Å². The fourth-order valence-corrected chi connectivity index (χ4v) is 2.84. The van der Waals surface area contributed by atoms with Gasteiger partial charge in [-0.1, -0.05) is 54.6 Å². The first-order valence-electron chi connectivity index (χ1n) is 9.32. The number of hydrogen-bond acceptors (Lipinski definition) is 7. The van der Waals surface area contributed by atoms with Gasteiger partial charge in [0.25, 0.3) is 0 Å². The lowest BCUT2D eigenvalue weighted by atomic mass is 10.0. The number of Topliss-reactive ketones (excluding diaryl/α,β-unsaturated/α-hetero) is 1. The largest absolute Gasteiger partial charge is 0.455 e. The lowest BCUT2D eigenvalue weighted by Crippen LogP contribution is -2.49. The zero-order chi connectivity index (χ0) is 22.3. The number of esters is 3. The Morgan fingerprint density at radius 1 is 0.833 bits per heavy atom. The molecule has 2 aromatic carbocycles. The third-order valence-corrected chi connectivity index (χ3v) is 4.20. The van der Waals surface area contributed by atoms with Crippen LogP contribution in [0.1, 0.15) is 38.1 Å². The summed E-state index contributed by atoms with van der Waals surface area (Å²) in [4.78, 5) is 47.5. The predicted octanol–water partition coefficient (Wildman–Crippen LogP) is 3.35. The Labute approximate surface area is 174 Å². The summed E-state index contributed by atoms with van der Waals surface area (Å²) in [6, 6.07) is 16.6. The summed E-state index contributed by atoms with van der Waals surface area (Å²) in [5.74, 6) is -2.81. The van der Waals surface area contributed by atoms with Crippen LogP contribution in [0.3, 0.4) is 0 Å². The molecule has 0 amide bonds. The van der Waals surface area contributed by atoms with Gasteiger partial charge in [0.15, 0.2) is 18.0 Å². The van der Waals surface area contributed by atoms with Gasteiger partial charge in [0, 0.05) is 19.4 Å². The maximum atomic E-state index is 12.4. The number of rotatable bonds is 8. The van der Waals surface area contributed by atoms with Gasteiger partial charge in [-0.15, -0.1) is 0 Å². The Hall–Kier alpha value is -3.48. The molecule has 0 fully saturated rings. The van der Waals surface area contributed by atoms with Gasteiger partial charge in [-0.05, 0) is 25.0 Å². The van der Waals surface area contributed by atoms with Crippen LogP contribution in [0.4, 0.5) is 0 Å². The molecule has 0 N–H and O–H groups in total. The second-order valence-electron chi connectivity index (χ2n) is 7.16. The van der Waals surface area contributed by atoms with Crippen LogP contribution in [0.15, 0.2) is 54.6 Å². The summed E-state index contributed by atoms with van der Waals surface area (Å²) in [7, 11) is 0. The molecule has 0 unspecified atom stereocenters. The molecule has 0 aliphatic heterocycles. The Balaban J connectivity index is 2.04. The Kier molecular flexibility index (Phi) is 7.47. The lowest BCUT2D eigenvalue weighted by molar-refractivity contribution is -0.191. The van der Waals surface area contributed by atoms with Crippen molar-refractivity contribution in [2.75, 3.05) is 6.61 Å². The van der Waals surface area contributed by atoms with Crippen molar-refractivity contribution in [3.8, 4) is 11.1 Å². The van der Waals surface area contributed by atoms with Gasteiger partial charge in [0.1, 0.15) is 0 Å². The molecule has 0 aliphatic rings. The van der Waals surface area contributed by atoms with E-state index in [0.717, 1.165) is 18.1 Å². The first-order valence-corrected chi connectivity index (χ1v) is 9.32. The van der Waals surface area contributed by atoms with Gasteiger partial charge >= 0.3 is 17.9 Å². The van der Waals surface area contributed by atoms with Crippen molar-refractivity contribution >= 4 is 23.7 Å². The maximum absolute atomic E-state index is 12.4. The molecule has 0 aliphatic carbocycles. The van der Waals surface area contributed by atoms with Crippen LogP contribution in [0.2, 0.25) is 0 Å². The summed E-state index contributed by atoms with van der Waals surface area (Å²) in [5.41, 5.74) is 0.863. The molecule has 0 spiro atoms. The first kappa shape index (κ1) is 22.8. The van der Waals surface area contributed by atoms with E-state index < -0.39 is 42.0 Å². The van der Waals surface area contributed by atoms with Gasteiger partial charge in [0.05, 0.1) is 0 Å². The zero-order valence-corrected chi connectivity index (χ0v) is 17.3. The highest BCUT2D eigenvalue weighted by Gasteiger charge is 2.42. The molecule has 2 aromatic rings. The zero-order valence-electron chi connectivity index (χ0n) is 17.3. The van der Waals surface area contributed by atoms with Gasteiger partial charge in [-0.3, -0.25) is 14.4 Å². The van der Waals surface area contributed by atoms with Gasteiger partial charge in [0.2, 0.25) is 6.10 Å². The smallest absolute Gasteiger partial charge is 0.352 e. The first-order chi connectivity index (χ1) is 14.1. The van der Waals surface area contributed by atoms with E-state index in [1.165, 1.54) is 20.8 Å². The molecule has 0 heterocycles. The van der Waals surface area contributed by atoms with E-state index in [0.29, 0.717) is 5.56 Å². The van der Waals surface area contributed by atoms with E-state index in [1.807, 2.05) is 30.3 Å². The Morgan fingerprint density at radius 2 is 1.40 bits per heavy atom. The minimum absolute atomic E-state index is 0.366. The van der Waals surface area contributed by atoms with Crippen LogP contribution in [-0.2, 0) is 28.6 Å². The highest BCUT2D eigenvalue weighted by Crippen LogP contribution is 2.21. The molecule has 0 bridgehead atoms. The van der Waals surface area contributed by atoms with E-state index in [9.17, 15) is 19.2 Å². The minimum atomic E-state index is -1.51. The summed E-state index contributed by atoms with van der Waals surface area (Å²) in [6.45, 7) is 4.56. The van der Waals surface area contributed by atoms with E-state index in [4.69, 9.17) is 14.2 Å². The van der Waals surface area contributed by atoms with Crippen LogP contribution in [0.5, 0.6) is 0 Å². The SMILES string of the molecule is CC(=O)O[C@H](C(=O)OCC(=O)c1ccc(-c2ccccc2)cc1)C(C)(C)OC(C)=O. The molecule has 0 aromatic heterocycles. The van der Waals surface area contributed by atoms with Crippen LogP contribution < -0.4 is 0 Å². The van der Waals surface area contributed by atoms with Crippen molar-refractivity contribution in [1.29, 1.82) is 0 Å².